The lowest BCUT2D eigenvalue weighted by Gasteiger charge is -2.35. The Labute approximate surface area is 124 Å². The SMILES string of the molecule is C=C(C)C(=O)OCCC1CCC(C2CCCCC2)CC1. The minimum atomic E-state index is -0.235. The summed E-state index contributed by atoms with van der Waals surface area (Å²) < 4.78 is 5.21. The van der Waals surface area contributed by atoms with Gasteiger partial charge in [-0.15, -0.1) is 0 Å². The highest BCUT2D eigenvalue weighted by molar-refractivity contribution is 5.86. The van der Waals surface area contributed by atoms with Crippen molar-refractivity contribution in [1.82, 2.24) is 0 Å². The van der Waals surface area contributed by atoms with Crippen LogP contribution in [0.25, 0.3) is 0 Å². The van der Waals surface area contributed by atoms with Gasteiger partial charge >= 0.3 is 5.97 Å². The van der Waals surface area contributed by atoms with Crippen molar-refractivity contribution in [2.75, 3.05) is 6.61 Å². The van der Waals surface area contributed by atoms with Gasteiger partial charge in [0.1, 0.15) is 0 Å². The number of hydrogen-bond acceptors (Lipinski definition) is 2. The molecular formula is C18H30O2. The van der Waals surface area contributed by atoms with Crippen LogP contribution in [0.15, 0.2) is 12.2 Å². The van der Waals surface area contributed by atoms with Crippen LogP contribution in [0.1, 0.15) is 71.1 Å². The van der Waals surface area contributed by atoms with Gasteiger partial charge in [-0.3, -0.25) is 0 Å². The van der Waals surface area contributed by atoms with Crippen molar-refractivity contribution in [3.8, 4) is 0 Å². The van der Waals surface area contributed by atoms with Gasteiger partial charge in [0, 0.05) is 5.57 Å². The lowest BCUT2D eigenvalue weighted by Crippen LogP contribution is -2.24. The molecule has 0 spiro atoms. The first kappa shape index (κ1) is 15.6. The first-order valence-electron chi connectivity index (χ1n) is 8.49. The molecule has 114 valence electrons. The standard InChI is InChI=1S/C18H30O2/c1-14(2)18(19)20-13-12-15-8-10-17(11-9-15)16-6-4-3-5-7-16/h15-17H,1,3-13H2,2H3. The zero-order valence-electron chi connectivity index (χ0n) is 13.0. The molecular weight excluding hydrogens is 248 g/mol. The fourth-order valence-electron chi connectivity index (χ4n) is 4.00. The van der Waals surface area contributed by atoms with Crippen molar-refractivity contribution in [2.45, 2.75) is 71.1 Å². The monoisotopic (exact) mass is 278 g/mol. The maximum Gasteiger partial charge on any atom is 0.333 e. The Kier molecular flexibility index (Phi) is 6.12. The van der Waals surface area contributed by atoms with E-state index in [1.165, 1.54) is 57.8 Å². The van der Waals surface area contributed by atoms with E-state index in [-0.39, 0.29) is 5.97 Å². The van der Waals surface area contributed by atoms with Crippen molar-refractivity contribution in [3.63, 3.8) is 0 Å². The maximum atomic E-state index is 11.3. The lowest BCUT2D eigenvalue weighted by atomic mass is 9.70. The van der Waals surface area contributed by atoms with Crippen molar-refractivity contribution in [2.24, 2.45) is 17.8 Å². The fraction of sp³-hybridized carbons (Fsp3) is 0.833. The first-order valence-corrected chi connectivity index (χ1v) is 8.49. The summed E-state index contributed by atoms with van der Waals surface area (Å²) >= 11 is 0. The highest BCUT2D eigenvalue weighted by Gasteiger charge is 2.28. The highest BCUT2D eigenvalue weighted by Crippen LogP contribution is 2.40. The normalized spacial score (nSPS) is 28.1. The van der Waals surface area contributed by atoms with E-state index in [2.05, 4.69) is 6.58 Å². The molecule has 2 aliphatic rings. The summed E-state index contributed by atoms with van der Waals surface area (Å²) in [5.74, 6) is 2.55. The lowest BCUT2D eigenvalue weighted by molar-refractivity contribution is -0.139. The summed E-state index contributed by atoms with van der Waals surface area (Å²) in [4.78, 5) is 11.3. The average molecular weight is 278 g/mol. The predicted octanol–water partition coefficient (Wildman–Crippen LogP) is 4.88. The van der Waals surface area contributed by atoms with Crippen LogP contribution >= 0.6 is 0 Å². The highest BCUT2D eigenvalue weighted by atomic mass is 16.5. The molecule has 2 saturated carbocycles. The third-order valence-electron chi connectivity index (χ3n) is 5.32. The van der Waals surface area contributed by atoms with Crippen LogP contribution < -0.4 is 0 Å². The van der Waals surface area contributed by atoms with Gasteiger partial charge in [-0.2, -0.15) is 0 Å². The summed E-state index contributed by atoms with van der Waals surface area (Å²) in [7, 11) is 0. The van der Waals surface area contributed by atoms with Crippen molar-refractivity contribution >= 4 is 5.97 Å². The minimum Gasteiger partial charge on any atom is -0.462 e. The van der Waals surface area contributed by atoms with Crippen LogP contribution in [0.5, 0.6) is 0 Å². The van der Waals surface area contributed by atoms with Gasteiger partial charge in [0.05, 0.1) is 6.61 Å². The third kappa shape index (κ3) is 4.64. The molecule has 0 unspecified atom stereocenters. The maximum absolute atomic E-state index is 11.3. The smallest absolute Gasteiger partial charge is 0.333 e. The van der Waals surface area contributed by atoms with Crippen LogP contribution in [0.2, 0.25) is 0 Å². The second-order valence-corrected chi connectivity index (χ2v) is 6.88. The molecule has 0 aromatic rings. The predicted molar refractivity (Wildman–Crippen MR) is 82.4 cm³/mol. The summed E-state index contributed by atoms with van der Waals surface area (Å²) in [5, 5.41) is 0. The summed E-state index contributed by atoms with van der Waals surface area (Å²) in [6, 6.07) is 0. The molecule has 0 radical (unpaired) electrons. The molecule has 2 fully saturated rings. The molecule has 0 saturated heterocycles. The van der Waals surface area contributed by atoms with Gasteiger partial charge < -0.3 is 4.74 Å². The number of carbonyl (C=O) groups is 1. The largest absolute Gasteiger partial charge is 0.462 e. The number of hydrogen-bond donors (Lipinski definition) is 0. The molecule has 2 heteroatoms. The van der Waals surface area contributed by atoms with Crippen LogP contribution in [0.4, 0.5) is 0 Å². The van der Waals surface area contributed by atoms with E-state index in [1.807, 2.05) is 0 Å². The molecule has 2 nitrogen and oxygen atoms in total. The number of esters is 1. The Morgan fingerprint density at radius 2 is 1.60 bits per heavy atom. The summed E-state index contributed by atoms with van der Waals surface area (Å²) in [6.45, 7) is 5.89. The summed E-state index contributed by atoms with van der Waals surface area (Å²) in [5.41, 5.74) is 0.506. The van der Waals surface area contributed by atoms with Crippen LogP contribution in [0, 0.1) is 17.8 Å². The molecule has 0 N–H and O–H groups in total. The molecule has 2 aliphatic carbocycles. The molecule has 0 aliphatic heterocycles. The minimum absolute atomic E-state index is 0.235. The van der Waals surface area contributed by atoms with E-state index in [0.717, 1.165) is 24.2 Å². The zero-order valence-corrected chi connectivity index (χ0v) is 13.0. The van der Waals surface area contributed by atoms with Gasteiger partial charge in [0.25, 0.3) is 0 Å². The van der Waals surface area contributed by atoms with E-state index >= 15 is 0 Å². The van der Waals surface area contributed by atoms with Crippen LogP contribution in [-0.2, 0) is 9.53 Å². The first-order chi connectivity index (χ1) is 9.66. The molecule has 0 aromatic heterocycles. The molecule has 0 bridgehead atoms. The Morgan fingerprint density at radius 1 is 1.00 bits per heavy atom. The quantitative estimate of drug-likeness (QED) is 0.529. The Hall–Kier alpha value is -0.790. The van der Waals surface area contributed by atoms with Gasteiger partial charge in [-0.25, -0.2) is 4.79 Å². The molecule has 2 rings (SSSR count). The average Bonchev–Trinajstić information content (AvgIpc) is 2.48. The molecule has 20 heavy (non-hydrogen) atoms. The van der Waals surface area contributed by atoms with E-state index in [9.17, 15) is 4.79 Å². The summed E-state index contributed by atoms with van der Waals surface area (Å²) in [6.07, 6.45) is 13.9. The van der Waals surface area contributed by atoms with Crippen molar-refractivity contribution in [3.05, 3.63) is 12.2 Å². The topological polar surface area (TPSA) is 26.3 Å². The Balaban J connectivity index is 1.61. The molecule has 0 aromatic carbocycles. The molecule has 0 atom stereocenters. The van der Waals surface area contributed by atoms with Crippen LogP contribution in [-0.4, -0.2) is 12.6 Å². The van der Waals surface area contributed by atoms with E-state index in [4.69, 9.17) is 4.74 Å². The van der Waals surface area contributed by atoms with Crippen molar-refractivity contribution < 1.29 is 9.53 Å². The van der Waals surface area contributed by atoms with E-state index < -0.39 is 0 Å². The second-order valence-electron chi connectivity index (χ2n) is 6.88. The number of ether oxygens (including phenoxy) is 1. The van der Waals surface area contributed by atoms with Gasteiger partial charge in [0.15, 0.2) is 0 Å². The van der Waals surface area contributed by atoms with Crippen LogP contribution in [0.3, 0.4) is 0 Å². The second kappa shape index (κ2) is 7.85. The van der Waals surface area contributed by atoms with Crippen molar-refractivity contribution in [1.29, 1.82) is 0 Å². The van der Waals surface area contributed by atoms with Gasteiger partial charge in [-0.1, -0.05) is 51.5 Å². The van der Waals surface area contributed by atoms with E-state index in [1.54, 1.807) is 6.92 Å². The zero-order chi connectivity index (χ0) is 14.4. The van der Waals surface area contributed by atoms with Gasteiger partial charge in [-0.05, 0) is 43.9 Å². The Morgan fingerprint density at radius 3 is 2.20 bits per heavy atom. The van der Waals surface area contributed by atoms with Gasteiger partial charge in [0.2, 0.25) is 0 Å². The molecule has 0 amide bonds. The number of rotatable bonds is 5. The Bertz CT molecular complexity index is 320. The third-order valence-corrected chi connectivity index (χ3v) is 5.32. The fourth-order valence-corrected chi connectivity index (χ4v) is 4.00. The van der Waals surface area contributed by atoms with E-state index in [0.29, 0.717) is 12.2 Å². The number of carbonyl (C=O) groups excluding carboxylic acids is 1. The molecule has 0 heterocycles.